The van der Waals surface area contributed by atoms with Gasteiger partial charge in [-0.05, 0) is 34.1 Å². The molecule has 0 aliphatic heterocycles. The fraction of sp³-hybridized carbons (Fsp3) is 0. The van der Waals surface area contributed by atoms with Crippen LogP contribution >= 0.6 is 15.9 Å². The van der Waals surface area contributed by atoms with Crippen molar-refractivity contribution < 1.29 is 25.7 Å². The van der Waals surface area contributed by atoms with Crippen LogP contribution in [-0.2, 0) is 24.5 Å². The Labute approximate surface area is 135 Å². The van der Waals surface area contributed by atoms with E-state index in [1.807, 2.05) is 0 Å². The largest absolute Gasteiger partial charge is 0.314 e. The van der Waals surface area contributed by atoms with Crippen LogP contribution in [0.25, 0.3) is 0 Å². The minimum absolute atomic E-state index is 0.0839. The molecule has 2 rings (SSSR count). The summed E-state index contributed by atoms with van der Waals surface area (Å²) < 4.78 is 55.3. The average Bonchev–Trinajstić information content (AvgIpc) is 2.48. The highest BCUT2D eigenvalue weighted by atomic mass is 79.9. The van der Waals surface area contributed by atoms with Gasteiger partial charge in [0.2, 0.25) is 0 Å². The Balaban J connectivity index is 0.000000224. The number of pyridine rings is 2. The van der Waals surface area contributed by atoms with Gasteiger partial charge in [0.1, 0.15) is 9.79 Å². The molecule has 2 heterocycles. The van der Waals surface area contributed by atoms with Crippen LogP contribution in [0.3, 0.4) is 0 Å². The molecule has 0 saturated heterocycles. The number of halogens is 1. The number of rotatable bonds is 3. The Bertz CT molecular complexity index is 827. The minimum atomic E-state index is -4.07. The summed E-state index contributed by atoms with van der Waals surface area (Å²) in [5.41, 5.74) is 0. The Morgan fingerprint density at radius 2 is 1.73 bits per heavy atom. The summed E-state index contributed by atoms with van der Waals surface area (Å²) in [7, 11) is -7.90. The topological polar surface area (TPSA) is 150 Å². The van der Waals surface area contributed by atoms with Gasteiger partial charge in [0.15, 0.2) is 0 Å². The lowest BCUT2D eigenvalue weighted by molar-refractivity contribution is 0.332. The quantitative estimate of drug-likeness (QED) is 0.550. The molecule has 2 aromatic rings. The maximum absolute atomic E-state index is 10.9. The molecule has 0 spiro atoms. The molecule has 0 bridgehead atoms. The van der Waals surface area contributed by atoms with E-state index in [2.05, 4.69) is 36.1 Å². The van der Waals surface area contributed by atoms with Crippen LogP contribution < -0.4 is 5.90 Å². The van der Waals surface area contributed by atoms with Crippen molar-refractivity contribution in [1.82, 2.24) is 9.97 Å². The van der Waals surface area contributed by atoms with E-state index in [0.29, 0.717) is 4.47 Å². The summed E-state index contributed by atoms with van der Waals surface area (Å²) in [4.78, 5) is 6.88. The van der Waals surface area contributed by atoms with Crippen molar-refractivity contribution >= 4 is 36.2 Å². The van der Waals surface area contributed by atoms with Crippen molar-refractivity contribution in [2.45, 2.75) is 9.79 Å². The highest BCUT2D eigenvalue weighted by Crippen LogP contribution is 2.14. The lowest BCUT2D eigenvalue weighted by Gasteiger charge is -1.98. The van der Waals surface area contributed by atoms with Crippen molar-refractivity contribution in [2.75, 3.05) is 0 Å². The smallest absolute Gasteiger partial charge is 0.282 e. The molecule has 0 aliphatic rings. The molecule has 2 aromatic heterocycles. The van der Waals surface area contributed by atoms with Crippen molar-refractivity contribution in [2.24, 2.45) is 5.90 Å². The van der Waals surface area contributed by atoms with Gasteiger partial charge in [-0.1, -0.05) is 0 Å². The first-order valence-electron chi connectivity index (χ1n) is 5.28. The van der Waals surface area contributed by atoms with E-state index >= 15 is 0 Å². The number of aromatic nitrogens is 2. The molecule has 0 amide bonds. The fourth-order valence-electron chi connectivity index (χ4n) is 1.08. The highest BCUT2D eigenvalue weighted by molar-refractivity contribution is 9.10. The van der Waals surface area contributed by atoms with Crippen LogP contribution in [0.2, 0.25) is 0 Å². The van der Waals surface area contributed by atoms with Crippen molar-refractivity contribution in [3.63, 3.8) is 0 Å². The SMILES string of the molecule is NOS(=O)(=O)c1cncc(Br)c1.O=S(=O)(O)c1cccnc1. The van der Waals surface area contributed by atoms with E-state index in [-0.39, 0.29) is 9.79 Å². The third-order valence-electron chi connectivity index (χ3n) is 2.03. The Kier molecular flexibility index (Phi) is 6.52. The summed E-state index contributed by atoms with van der Waals surface area (Å²) in [6.07, 6.45) is 5.10. The van der Waals surface area contributed by atoms with Gasteiger partial charge in [-0.25, -0.2) is 0 Å². The second-order valence-corrected chi connectivity index (χ2v) is 7.46. The zero-order valence-corrected chi connectivity index (χ0v) is 13.9. The van der Waals surface area contributed by atoms with E-state index < -0.39 is 20.2 Å². The van der Waals surface area contributed by atoms with Crippen LogP contribution in [0.15, 0.2) is 57.3 Å². The molecule has 120 valence electrons. The first-order valence-corrected chi connectivity index (χ1v) is 8.92. The Hall–Kier alpha value is -1.44. The first-order chi connectivity index (χ1) is 10.2. The second-order valence-electron chi connectivity index (χ2n) is 3.55. The molecular weight excluding hydrogens is 402 g/mol. The van der Waals surface area contributed by atoms with E-state index in [0.717, 1.165) is 12.4 Å². The summed E-state index contributed by atoms with van der Waals surface area (Å²) in [5, 5.41) is 0. The summed E-state index contributed by atoms with van der Waals surface area (Å²) in [6.45, 7) is 0. The molecular formula is C10H10BrN3O6S2. The Morgan fingerprint density at radius 3 is 2.14 bits per heavy atom. The number of nitrogens with two attached hydrogens (primary N) is 1. The summed E-state index contributed by atoms with van der Waals surface area (Å²) in [6, 6.07) is 4.04. The number of hydrogen-bond donors (Lipinski definition) is 2. The van der Waals surface area contributed by atoms with Crippen molar-refractivity contribution in [3.05, 3.63) is 47.5 Å². The predicted molar refractivity (Wildman–Crippen MR) is 78.4 cm³/mol. The molecule has 12 heteroatoms. The van der Waals surface area contributed by atoms with Crippen LogP contribution in [0.5, 0.6) is 0 Å². The van der Waals surface area contributed by atoms with E-state index in [9.17, 15) is 16.8 Å². The van der Waals surface area contributed by atoms with E-state index in [1.54, 1.807) is 0 Å². The van der Waals surface area contributed by atoms with E-state index in [1.165, 1.54) is 30.6 Å². The minimum Gasteiger partial charge on any atom is -0.282 e. The van der Waals surface area contributed by atoms with Gasteiger partial charge in [-0.2, -0.15) is 27.0 Å². The fourth-order valence-corrected chi connectivity index (χ4v) is 2.62. The van der Waals surface area contributed by atoms with Crippen molar-refractivity contribution in [1.29, 1.82) is 0 Å². The van der Waals surface area contributed by atoms with Gasteiger partial charge in [-0.3, -0.25) is 14.5 Å². The molecule has 0 atom stereocenters. The van der Waals surface area contributed by atoms with Gasteiger partial charge < -0.3 is 0 Å². The lowest BCUT2D eigenvalue weighted by atomic mass is 10.5. The first kappa shape index (κ1) is 18.6. The zero-order chi connectivity index (χ0) is 16.8. The molecule has 3 N–H and O–H groups in total. The molecule has 22 heavy (non-hydrogen) atoms. The summed E-state index contributed by atoms with van der Waals surface area (Å²) >= 11 is 3.06. The zero-order valence-electron chi connectivity index (χ0n) is 10.7. The third-order valence-corrected chi connectivity index (χ3v) is 4.35. The molecule has 0 radical (unpaired) electrons. The standard InChI is InChI=1S/C5H5BrN2O3S.C5H5NO3S/c6-4-1-5(3-8-2-4)12(9,10)11-7;7-10(8,9)5-2-1-3-6-4-5/h1-3H,7H2;1-4H,(H,7,8,9). The monoisotopic (exact) mass is 411 g/mol. The molecule has 0 aliphatic carbocycles. The second kappa shape index (κ2) is 7.71. The van der Waals surface area contributed by atoms with E-state index in [4.69, 9.17) is 4.55 Å². The predicted octanol–water partition coefficient (Wildman–Crippen LogP) is 0.751. The van der Waals surface area contributed by atoms with Gasteiger partial charge in [-0.15, -0.1) is 0 Å². The molecule has 0 saturated carbocycles. The third kappa shape index (κ3) is 5.75. The normalized spacial score (nSPS) is 11.4. The van der Waals surface area contributed by atoms with Gasteiger partial charge >= 0.3 is 10.1 Å². The van der Waals surface area contributed by atoms with Gasteiger partial charge in [0.05, 0.1) is 0 Å². The van der Waals surface area contributed by atoms with Crippen molar-refractivity contribution in [3.8, 4) is 0 Å². The van der Waals surface area contributed by atoms with Crippen LogP contribution in [0.4, 0.5) is 0 Å². The lowest BCUT2D eigenvalue weighted by Crippen LogP contribution is -2.11. The molecule has 0 aromatic carbocycles. The molecule has 0 fully saturated rings. The Morgan fingerprint density at radius 1 is 1.09 bits per heavy atom. The van der Waals surface area contributed by atoms with Crippen LogP contribution in [0.1, 0.15) is 0 Å². The molecule has 9 nitrogen and oxygen atoms in total. The van der Waals surface area contributed by atoms with Gasteiger partial charge in [0, 0.05) is 29.3 Å². The molecule has 0 unspecified atom stereocenters. The van der Waals surface area contributed by atoms with Crippen LogP contribution in [0, 0.1) is 0 Å². The van der Waals surface area contributed by atoms with Crippen LogP contribution in [-0.4, -0.2) is 31.4 Å². The highest BCUT2D eigenvalue weighted by Gasteiger charge is 2.13. The average molecular weight is 412 g/mol. The maximum Gasteiger partial charge on any atom is 0.314 e. The summed E-state index contributed by atoms with van der Waals surface area (Å²) in [5.74, 6) is 4.56. The number of hydrogen-bond acceptors (Lipinski definition) is 8. The maximum atomic E-state index is 10.9. The number of nitrogens with zero attached hydrogens (tertiary/aromatic N) is 2. The van der Waals surface area contributed by atoms with Gasteiger partial charge in [0.25, 0.3) is 10.1 Å².